The largest absolute Gasteiger partial charge is 0.491 e. The van der Waals surface area contributed by atoms with Crippen LogP contribution in [-0.4, -0.2) is 18.1 Å². The highest BCUT2D eigenvalue weighted by molar-refractivity contribution is 5.88. The second kappa shape index (κ2) is 9.58. The lowest BCUT2D eigenvalue weighted by Crippen LogP contribution is -2.27. The highest BCUT2D eigenvalue weighted by atomic mass is 19.4. The Hall–Kier alpha value is -1.33. The molecule has 0 amide bonds. The van der Waals surface area contributed by atoms with Gasteiger partial charge >= 0.3 is 18.1 Å². The molecule has 0 fully saturated rings. The van der Waals surface area contributed by atoms with E-state index in [1.807, 2.05) is 6.08 Å². The highest BCUT2D eigenvalue weighted by Crippen LogP contribution is 2.17. The number of halogens is 3. The standard InChI is InChI=1S/C13H19F3O3/c1-2-3-4-5-6-7-8-9-10-11(17)19-12(18)13(14,15)16/h2H,1,3-10H2. The van der Waals surface area contributed by atoms with Gasteiger partial charge in [-0.25, -0.2) is 4.79 Å². The van der Waals surface area contributed by atoms with E-state index in [4.69, 9.17) is 0 Å². The first-order valence-corrected chi connectivity index (χ1v) is 6.30. The third-order valence-electron chi connectivity index (χ3n) is 2.48. The molecular formula is C13H19F3O3. The summed E-state index contributed by atoms with van der Waals surface area (Å²) in [6.07, 6.45) is 2.82. The van der Waals surface area contributed by atoms with Gasteiger partial charge in [-0.3, -0.25) is 4.79 Å². The fourth-order valence-electron chi connectivity index (χ4n) is 1.48. The van der Waals surface area contributed by atoms with Gasteiger partial charge in [0, 0.05) is 6.42 Å². The summed E-state index contributed by atoms with van der Waals surface area (Å²) in [6, 6.07) is 0. The van der Waals surface area contributed by atoms with Crippen LogP contribution >= 0.6 is 0 Å². The minimum absolute atomic E-state index is 0.158. The molecule has 0 saturated carbocycles. The van der Waals surface area contributed by atoms with Crippen molar-refractivity contribution >= 4 is 11.9 Å². The van der Waals surface area contributed by atoms with Gasteiger partial charge in [0.05, 0.1) is 0 Å². The molecule has 0 unspecified atom stereocenters. The number of unbranched alkanes of at least 4 members (excludes halogenated alkanes) is 6. The van der Waals surface area contributed by atoms with Crippen molar-refractivity contribution in [1.29, 1.82) is 0 Å². The number of rotatable bonds is 9. The molecule has 0 aromatic rings. The maximum Gasteiger partial charge on any atom is 0.491 e. The van der Waals surface area contributed by atoms with E-state index in [0.717, 1.165) is 38.5 Å². The van der Waals surface area contributed by atoms with Gasteiger partial charge in [-0.1, -0.05) is 31.8 Å². The SMILES string of the molecule is C=CCCCCCCCCC(=O)OC(=O)C(F)(F)F. The predicted molar refractivity (Wildman–Crippen MR) is 64.3 cm³/mol. The Morgan fingerprint density at radius 1 is 1.00 bits per heavy atom. The molecule has 0 aliphatic rings. The van der Waals surface area contributed by atoms with Crippen LogP contribution in [0.15, 0.2) is 12.7 Å². The van der Waals surface area contributed by atoms with Crippen molar-refractivity contribution in [3.63, 3.8) is 0 Å². The summed E-state index contributed by atoms with van der Waals surface area (Å²) in [4.78, 5) is 21.3. The minimum Gasteiger partial charge on any atom is -0.386 e. The third kappa shape index (κ3) is 10.3. The average molecular weight is 280 g/mol. The number of hydrogen-bond acceptors (Lipinski definition) is 3. The van der Waals surface area contributed by atoms with Crippen LogP contribution in [0.2, 0.25) is 0 Å². The van der Waals surface area contributed by atoms with Gasteiger partial charge in [0.2, 0.25) is 0 Å². The molecule has 110 valence electrons. The van der Waals surface area contributed by atoms with Crippen LogP contribution in [0.1, 0.15) is 51.4 Å². The van der Waals surface area contributed by atoms with E-state index in [0.29, 0.717) is 6.42 Å². The van der Waals surface area contributed by atoms with Crippen molar-refractivity contribution in [2.45, 2.75) is 57.5 Å². The van der Waals surface area contributed by atoms with Gasteiger partial charge in [-0.05, 0) is 19.3 Å². The smallest absolute Gasteiger partial charge is 0.386 e. The van der Waals surface area contributed by atoms with Gasteiger partial charge in [0.25, 0.3) is 0 Å². The molecule has 0 bridgehead atoms. The average Bonchev–Trinajstić information content (AvgIpc) is 2.31. The lowest BCUT2D eigenvalue weighted by atomic mass is 10.1. The second-order valence-electron chi connectivity index (χ2n) is 4.21. The van der Waals surface area contributed by atoms with E-state index in [9.17, 15) is 22.8 Å². The summed E-state index contributed by atoms with van der Waals surface area (Å²) in [7, 11) is 0. The summed E-state index contributed by atoms with van der Waals surface area (Å²) < 4.78 is 39.0. The van der Waals surface area contributed by atoms with Gasteiger partial charge in [0.1, 0.15) is 0 Å². The molecule has 0 heterocycles. The van der Waals surface area contributed by atoms with Crippen molar-refractivity contribution in [2.24, 2.45) is 0 Å². The van der Waals surface area contributed by atoms with Gasteiger partial charge < -0.3 is 4.74 Å². The molecule has 0 saturated heterocycles. The highest BCUT2D eigenvalue weighted by Gasteiger charge is 2.42. The van der Waals surface area contributed by atoms with Crippen molar-refractivity contribution in [3.05, 3.63) is 12.7 Å². The van der Waals surface area contributed by atoms with Crippen molar-refractivity contribution in [3.8, 4) is 0 Å². The second-order valence-corrected chi connectivity index (χ2v) is 4.21. The van der Waals surface area contributed by atoms with E-state index in [1.54, 1.807) is 0 Å². The number of carbonyl (C=O) groups is 2. The molecule has 0 rings (SSSR count). The summed E-state index contributed by atoms with van der Waals surface area (Å²) in [5.74, 6) is -3.56. The first-order chi connectivity index (χ1) is 8.88. The van der Waals surface area contributed by atoms with Crippen molar-refractivity contribution < 1.29 is 27.5 Å². The maximum absolute atomic E-state index is 11.8. The van der Waals surface area contributed by atoms with Gasteiger partial charge in [-0.15, -0.1) is 6.58 Å². The zero-order valence-corrected chi connectivity index (χ0v) is 10.8. The maximum atomic E-state index is 11.8. The Bertz CT molecular complexity index is 298. The Morgan fingerprint density at radius 3 is 2.05 bits per heavy atom. The Balaban J connectivity index is 3.49. The molecule has 3 nitrogen and oxygen atoms in total. The predicted octanol–water partition coefficient (Wildman–Crippen LogP) is 3.93. The molecule has 6 heteroatoms. The lowest BCUT2D eigenvalue weighted by molar-refractivity contribution is -0.201. The summed E-state index contributed by atoms with van der Waals surface area (Å²) in [5.41, 5.74) is 0. The van der Waals surface area contributed by atoms with E-state index < -0.39 is 18.1 Å². The number of alkyl halides is 3. The van der Waals surface area contributed by atoms with Crippen LogP contribution in [-0.2, 0) is 14.3 Å². The van der Waals surface area contributed by atoms with E-state index in [1.165, 1.54) is 0 Å². The Labute approximate surface area is 110 Å². The normalized spacial score (nSPS) is 11.1. The topological polar surface area (TPSA) is 43.4 Å². The van der Waals surface area contributed by atoms with Crippen LogP contribution < -0.4 is 0 Å². The van der Waals surface area contributed by atoms with E-state index in [2.05, 4.69) is 11.3 Å². The zero-order valence-electron chi connectivity index (χ0n) is 10.8. The Morgan fingerprint density at radius 2 is 1.53 bits per heavy atom. The quantitative estimate of drug-likeness (QED) is 0.278. The molecule has 0 aliphatic carbocycles. The molecular weight excluding hydrogens is 261 g/mol. The first kappa shape index (κ1) is 17.7. The van der Waals surface area contributed by atoms with Crippen molar-refractivity contribution in [2.75, 3.05) is 0 Å². The molecule has 0 spiro atoms. The molecule has 0 N–H and O–H groups in total. The van der Waals surface area contributed by atoms with Crippen LogP contribution in [0, 0.1) is 0 Å². The van der Waals surface area contributed by atoms with Crippen LogP contribution in [0.3, 0.4) is 0 Å². The lowest BCUT2D eigenvalue weighted by Gasteiger charge is -2.05. The van der Waals surface area contributed by atoms with Crippen LogP contribution in [0.4, 0.5) is 13.2 Å². The van der Waals surface area contributed by atoms with E-state index in [-0.39, 0.29) is 6.42 Å². The number of hydrogen-bond donors (Lipinski definition) is 0. The number of allylic oxidation sites excluding steroid dienone is 1. The minimum atomic E-state index is -5.11. The summed E-state index contributed by atoms with van der Waals surface area (Å²) in [6.45, 7) is 3.61. The zero-order chi connectivity index (χ0) is 14.7. The fourth-order valence-corrected chi connectivity index (χ4v) is 1.48. The number of ether oxygens (including phenoxy) is 1. The summed E-state index contributed by atoms with van der Waals surface area (Å²) in [5, 5.41) is 0. The molecule has 19 heavy (non-hydrogen) atoms. The molecule has 0 atom stereocenters. The molecule has 0 aromatic carbocycles. The summed E-state index contributed by atoms with van der Waals surface area (Å²) >= 11 is 0. The number of esters is 2. The van der Waals surface area contributed by atoms with Crippen LogP contribution in [0.5, 0.6) is 0 Å². The monoisotopic (exact) mass is 280 g/mol. The number of carbonyl (C=O) groups excluding carboxylic acids is 2. The Kier molecular flexibility index (Phi) is 8.91. The van der Waals surface area contributed by atoms with Crippen molar-refractivity contribution in [1.82, 2.24) is 0 Å². The fraction of sp³-hybridized carbons (Fsp3) is 0.692. The molecule has 0 radical (unpaired) electrons. The van der Waals surface area contributed by atoms with E-state index >= 15 is 0 Å². The molecule has 0 aromatic heterocycles. The van der Waals surface area contributed by atoms with Gasteiger partial charge in [-0.2, -0.15) is 13.2 Å². The van der Waals surface area contributed by atoms with Gasteiger partial charge in [0.15, 0.2) is 0 Å². The third-order valence-corrected chi connectivity index (χ3v) is 2.48. The molecule has 0 aliphatic heterocycles. The van der Waals surface area contributed by atoms with Crippen LogP contribution in [0.25, 0.3) is 0 Å². The first-order valence-electron chi connectivity index (χ1n) is 6.30.